The summed E-state index contributed by atoms with van der Waals surface area (Å²) < 4.78 is 11.4. The summed E-state index contributed by atoms with van der Waals surface area (Å²) in [5.74, 6) is 0.658. The predicted molar refractivity (Wildman–Crippen MR) is 112 cm³/mol. The Kier molecular flexibility index (Phi) is 8.01. The number of anilines is 1. The van der Waals surface area contributed by atoms with E-state index in [2.05, 4.69) is 31.8 Å². The van der Waals surface area contributed by atoms with Gasteiger partial charge in [-0.1, -0.05) is 15.9 Å². The first-order valence-corrected chi connectivity index (χ1v) is 9.33. The number of nitrogens with zero attached hydrogens (tertiary/aromatic N) is 1. The molecule has 0 spiro atoms. The molecule has 0 aliphatic rings. The van der Waals surface area contributed by atoms with E-state index in [-0.39, 0.29) is 24.7 Å². The lowest BCUT2D eigenvalue weighted by Gasteiger charge is -2.10. The third-order valence-electron chi connectivity index (χ3n) is 3.85. The molecule has 2 N–H and O–H groups in total. The molecule has 0 heterocycles. The predicted octanol–water partition coefficient (Wildman–Crippen LogP) is 3.73. The van der Waals surface area contributed by atoms with Crippen LogP contribution >= 0.6 is 15.9 Å². The number of ether oxygens (including phenoxy) is 2. The van der Waals surface area contributed by atoms with Crippen LogP contribution in [0.5, 0.6) is 11.5 Å². The highest BCUT2D eigenvalue weighted by molar-refractivity contribution is 9.10. The molecule has 0 saturated heterocycles. The molecule has 2 aromatic rings. The van der Waals surface area contributed by atoms with E-state index in [0.717, 1.165) is 10.0 Å². The average Bonchev–Trinajstić information content (AvgIpc) is 2.71. The quantitative estimate of drug-likeness (QED) is 0.476. The summed E-state index contributed by atoms with van der Waals surface area (Å²) in [4.78, 5) is 23.9. The summed E-state index contributed by atoms with van der Waals surface area (Å²) in [5.41, 5.74) is 4.45. The van der Waals surface area contributed by atoms with Crippen molar-refractivity contribution in [2.24, 2.45) is 5.10 Å². The molecule has 0 aliphatic carbocycles. The third-order valence-corrected chi connectivity index (χ3v) is 4.38. The van der Waals surface area contributed by atoms with Gasteiger partial charge in [-0.3, -0.25) is 9.59 Å². The molecule has 8 heteroatoms. The molecule has 28 heavy (non-hydrogen) atoms. The van der Waals surface area contributed by atoms with Crippen LogP contribution in [-0.4, -0.2) is 31.7 Å². The van der Waals surface area contributed by atoms with Crippen LogP contribution in [0.3, 0.4) is 0 Å². The molecule has 0 aromatic heterocycles. The van der Waals surface area contributed by atoms with Crippen LogP contribution in [0.2, 0.25) is 0 Å². The van der Waals surface area contributed by atoms with Crippen molar-refractivity contribution in [3.63, 3.8) is 0 Å². The van der Waals surface area contributed by atoms with Crippen LogP contribution in [0.25, 0.3) is 0 Å². The Morgan fingerprint density at radius 1 is 1.00 bits per heavy atom. The number of rotatable bonds is 8. The van der Waals surface area contributed by atoms with Crippen LogP contribution < -0.4 is 20.2 Å². The highest BCUT2D eigenvalue weighted by Crippen LogP contribution is 2.25. The Morgan fingerprint density at radius 3 is 2.32 bits per heavy atom. The molecule has 7 nitrogen and oxygen atoms in total. The van der Waals surface area contributed by atoms with Gasteiger partial charge in [0.2, 0.25) is 11.8 Å². The van der Waals surface area contributed by atoms with Crippen molar-refractivity contribution in [2.75, 3.05) is 19.5 Å². The molecule has 0 aliphatic heterocycles. The maximum Gasteiger partial charge on any atom is 0.240 e. The fourth-order valence-corrected chi connectivity index (χ4v) is 2.61. The first kappa shape index (κ1) is 21.4. The summed E-state index contributed by atoms with van der Waals surface area (Å²) in [6, 6.07) is 12.5. The van der Waals surface area contributed by atoms with Gasteiger partial charge in [0.15, 0.2) is 0 Å². The zero-order valence-corrected chi connectivity index (χ0v) is 17.5. The Hall–Kier alpha value is -2.87. The van der Waals surface area contributed by atoms with Gasteiger partial charge >= 0.3 is 0 Å². The van der Waals surface area contributed by atoms with E-state index >= 15 is 0 Å². The summed E-state index contributed by atoms with van der Waals surface area (Å²) >= 11 is 3.33. The van der Waals surface area contributed by atoms with Crippen molar-refractivity contribution in [1.82, 2.24) is 5.43 Å². The van der Waals surface area contributed by atoms with E-state index in [1.165, 1.54) is 0 Å². The third kappa shape index (κ3) is 6.38. The van der Waals surface area contributed by atoms with Gasteiger partial charge in [0, 0.05) is 34.6 Å². The second-order valence-corrected chi connectivity index (χ2v) is 6.77. The minimum atomic E-state index is -0.349. The number of halogens is 1. The molecule has 2 rings (SSSR count). The summed E-state index contributed by atoms with van der Waals surface area (Å²) in [6.07, 6.45) is 0.0845. The SMILES string of the molecule is COc1ccc(/C(C)=N\NC(=O)CCC(=O)Nc2ccc(Br)cc2)c(OC)c1. The zero-order valence-electron chi connectivity index (χ0n) is 15.9. The number of benzene rings is 2. The van der Waals surface area contributed by atoms with Gasteiger partial charge in [0.1, 0.15) is 11.5 Å². The maximum absolute atomic E-state index is 12.0. The number of carbonyl (C=O) groups is 2. The van der Waals surface area contributed by atoms with Crippen molar-refractivity contribution in [2.45, 2.75) is 19.8 Å². The van der Waals surface area contributed by atoms with Gasteiger partial charge < -0.3 is 14.8 Å². The maximum atomic E-state index is 12.0. The van der Waals surface area contributed by atoms with Crippen molar-refractivity contribution in [3.8, 4) is 11.5 Å². The lowest BCUT2D eigenvalue weighted by molar-refractivity contribution is -0.124. The largest absolute Gasteiger partial charge is 0.497 e. The van der Waals surface area contributed by atoms with Crippen LogP contribution in [0.4, 0.5) is 5.69 Å². The van der Waals surface area contributed by atoms with Gasteiger partial charge in [-0.25, -0.2) is 5.43 Å². The van der Waals surface area contributed by atoms with E-state index in [1.807, 2.05) is 12.1 Å². The minimum Gasteiger partial charge on any atom is -0.497 e. The molecule has 0 bridgehead atoms. The number of amides is 2. The fourth-order valence-electron chi connectivity index (χ4n) is 2.34. The minimum absolute atomic E-state index is 0.0267. The lowest BCUT2D eigenvalue weighted by atomic mass is 10.1. The van der Waals surface area contributed by atoms with Crippen LogP contribution in [-0.2, 0) is 9.59 Å². The monoisotopic (exact) mass is 447 g/mol. The van der Waals surface area contributed by atoms with Gasteiger partial charge in [0.05, 0.1) is 19.9 Å². The number of carbonyl (C=O) groups excluding carboxylic acids is 2. The molecule has 0 fully saturated rings. The Balaban J connectivity index is 1.87. The molecule has 0 unspecified atom stereocenters. The summed E-state index contributed by atoms with van der Waals surface area (Å²) in [5, 5.41) is 6.83. The topological polar surface area (TPSA) is 89.0 Å². The molecule has 2 aromatic carbocycles. The Labute approximate surface area is 172 Å². The van der Waals surface area contributed by atoms with Crippen LogP contribution in [0, 0.1) is 0 Å². The number of nitrogens with one attached hydrogen (secondary N) is 2. The Bertz CT molecular complexity index is 866. The molecular weight excluding hydrogens is 426 g/mol. The summed E-state index contributed by atoms with van der Waals surface area (Å²) in [6.45, 7) is 1.75. The zero-order chi connectivity index (χ0) is 20.5. The lowest BCUT2D eigenvalue weighted by Crippen LogP contribution is -2.21. The van der Waals surface area contributed by atoms with Crippen LogP contribution in [0.1, 0.15) is 25.3 Å². The molecule has 0 saturated carbocycles. The normalized spacial score (nSPS) is 10.9. The first-order valence-electron chi connectivity index (χ1n) is 8.54. The van der Waals surface area contributed by atoms with Gasteiger partial charge in [0.25, 0.3) is 0 Å². The second kappa shape index (κ2) is 10.5. The molecule has 0 radical (unpaired) electrons. The average molecular weight is 448 g/mol. The van der Waals surface area contributed by atoms with Gasteiger partial charge in [-0.2, -0.15) is 5.10 Å². The highest BCUT2D eigenvalue weighted by Gasteiger charge is 2.10. The van der Waals surface area contributed by atoms with E-state index in [0.29, 0.717) is 22.9 Å². The highest BCUT2D eigenvalue weighted by atomic mass is 79.9. The van der Waals surface area contributed by atoms with E-state index in [1.54, 1.807) is 51.5 Å². The van der Waals surface area contributed by atoms with Crippen molar-refractivity contribution < 1.29 is 19.1 Å². The van der Waals surface area contributed by atoms with Crippen LogP contribution in [0.15, 0.2) is 52.0 Å². The van der Waals surface area contributed by atoms with E-state index < -0.39 is 0 Å². The number of hydrogen-bond acceptors (Lipinski definition) is 5. The van der Waals surface area contributed by atoms with Crippen molar-refractivity contribution in [3.05, 3.63) is 52.5 Å². The number of methoxy groups -OCH3 is 2. The fraction of sp³-hybridized carbons (Fsp3) is 0.250. The second-order valence-electron chi connectivity index (χ2n) is 5.85. The first-order chi connectivity index (χ1) is 13.4. The van der Waals surface area contributed by atoms with Gasteiger partial charge in [-0.15, -0.1) is 0 Å². The van der Waals surface area contributed by atoms with Crippen molar-refractivity contribution >= 4 is 39.1 Å². The Morgan fingerprint density at radius 2 is 1.68 bits per heavy atom. The van der Waals surface area contributed by atoms with E-state index in [4.69, 9.17) is 9.47 Å². The summed E-state index contributed by atoms with van der Waals surface area (Å²) in [7, 11) is 3.12. The molecule has 2 amide bonds. The molecular formula is C20H22BrN3O4. The molecule has 0 atom stereocenters. The van der Waals surface area contributed by atoms with Gasteiger partial charge in [-0.05, 0) is 43.3 Å². The van der Waals surface area contributed by atoms with E-state index in [9.17, 15) is 9.59 Å². The molecule has 148 valence electrons. The number of hydrogen-bond donors (Lipinski definition) is 2. The number of hydrazone groups is 1. The van der Waals surface area contributed by atoms with Crippen molar-refractivity contribution in [1.29, 1.82) is 0 Å². The smallest absolute Gasteiger partial charge is 0.240 e. The standard InChI is InChI=1S/C20H22BrN3O4/c1-13(17-9-8-16(27-2)12-18(17)28-3)23-24-20(26)11-10-19(25)22-15-6-4-14(21)5-7-15/h4-9,12H,10-11H2,1-3H3,(H,22,25)(H,24,26)/b23-13-.